The van der Waals surface area contributed by atoms with E-state index in [1.807, 2.05) is 4.90 Å². The molecular weight excluding hydrogens is 721 g/mol. The van der Waals surface area contributed by atoms with E-state index < -0.39 is 47.5 Å². The number of carbonyl (C=O) groups excluding carboxylic acids is 1. The van der Waals surface area contributed by atoms with Gasteiger partial charge in [-0.2, -0.15) is 9.97 Å². The Labute approximate surface area is 312 Å². The molecule has 0 radical (unpaired) electrons. The molecule has 1 N–H and O–H groups in total. The molecule has 1 amide bonds. The number of aromatic nitrogens is 2. The summed E-state index contributed by atoms with van der Waals surface area (Å²) in [5.74, 6) is -3.50. The van der Waals surface area contributed by atoms with Gasteiger partial charge in [-0.1, -0.05) is 12.0 Å². The number of carbonyl (C=O) groups is 1. The monoisotopic (exact) mass is 757 g/mol. The lowest BCUT2D eigenvalue weighted by atomic mass is 9.91. The summed E-state index contributed by atoms with van der Waals surface area (Å²) < 4.78 is 88.2. The standard InChI is InChI=1S/C41H36F5N5O4/c1-3-26-30(43)8-5-21-12-25(52)13-27(31(21)26)32-34(44)35-33(28-11-20(2)55-36(28)32)37(48-39(47-35)54-19-40-9-4-10-50(40)16-22(42)14-40)49-17-23-6-7-24(18-49)51(23)38(53)29-15-41(29,45)46/h1,5,8,11-13,22-24,29,52H,4,6-7,9-10,14-19H2,2H3/t22-,23-,24+,29?,40+/m1/s1. The summed E-state index contributed by atoms with van der Waals surface area (Å²) in [5, 5.41) is 12.1. The molecule has 4 saturated heterocycles. The molecule has 4 aliphatic heterocycles. The second-order valence-electron chi connectivity index (χ2n) is 15.9. The summed E-state index contributed by atoms with van der Waals surface area (Å²) in [6.45, 7) is 3.31. The first kappa shape index (κ1) is 34.3. The molecule has 284 valence electrons. The van der Waals surface area contributed by atoms with E-state index in [1.54, 1.807) is 17.9 Å². The van der Waals surface area contributed by atoms with Crippen LogP contribution >= 0.6 is 0 Å². The van der Waals surface area contributed by atoms with E-state index in [0.717, 1.165) is 19.4 Å². The minimum absolute atomic E-state index is 0.0744. The second kappa shape index (κ2) is 11.9. The van der Waals surface area contributed by atoms with Gasteiger partial charge in [0.05, 0.1) is 22.1 Å². The summed E-state index contributed by atoms with van der Waals surface area (Å²) in [7, 11) is 0. The molecule has 9 nitrogen and oxygen atoms in total. The van der Waals surface area contributed by atoms with Gasteiger partial charge in [0.1, 0.15) is 52.9 Å². The smallest absolute Gasteiger partial charge is 0.319 e. The Hall–Kier alpha value is -5.16. The molecule has 3 aromatic carbocycles. The van der Waals surface area contributed by atoms with Gasteiger partial charge in [0.25, 0.3) is 5.92 Å². The Bertz CT molecular complexity index is 2500. The number of furan rings is 1. The lowest BCUT2D eigenvalue weighted by molar-refractivity contribution is -0.138. The summed E-state index contributed by atoms with van der Waals surface area (Å²) >= 11 is 0. The lowest BCUT2D eigenvalue weighted by Gasteiger charge is -2.42. The summed E-state index contributed by atoms with van der Waals surface area (Å²) in [6.07, 6.45) is 7.44. The van der Waals surface area contributed by atoms with Crippen molar-refractivity contribution < 1.29 is 41.0 Å². The number of aryl methyl sites for hydroxylation is 1. The van der Waals surface area contributed by atoms with Gasteiger partial charge in [-0.15, -0.1) is 6.42 Å². The Morgan fingerprint density at radius 2 is 1.85 bits per heavy atom. The fourth-order valence-corrected chi connectivity index (χ4v) is 9.98. The van der Waals surface area contributed by atoms with Crippen molar-refractivity contribution in [3.05, 3.63) is 53.3 Å². The number of anilines is 1. The van der Waals surface area contributed by atoms with Crippen LogP contribution in [-0.4, -0.2) is 93.3 Å². The first-order valence-corrected chi connectivity index (χ1v) is 18.7. The molecule has 5 aliphatic rings. The molecule has 5 atom stereocenters. The number of amides is 1. The topological polar surface area (TPSA) is 95.2 Å². The van der Waals surface area contributed by atoms with Crippen LogP contribution in [0.3, 0.4) is 0 Å². The molecule has 14 heteroatoms. The number of ether oxygens (including phenoxy) is 1. The minimum atomic E-state index is -2.99. The molecule has 10 rings (SSSR count). The van der Waals surface area contributed by atoms with Gasteiger partial charge in [0.15, 0.2) is 5.82 Å². The molecule has 2 bridgehead atoms. The average molecular weight is 758 g/mol. The van der Waals surface area contributed by atoms with Gasteiger partial charge in [0, 0.05) is 60.9 Å². The molecular formula is C41H36F5N5O4. The van der Waals surface area contributed by atoms with Crippen LogP contribution in [0.5, 0.6) is 11.8 Å². The fraction of sp³-hybridized carbons (Fsp3) is 0.439. The lowest BCUT2D eigenvalue weighted by Crippen LogP contribution is -2.56. The number of nitrogens with zero attached hydrogens (tertiary/aromatic N) is 5. The predicted molar refractivity (Wildman–Crippen MR) is 194 cm³/mol. The van der Waals surface area contributed by atoms with Gasteiger partial charge < -0.3 is 24.1 Å². The maximum absolute atomic E-state index is 17.7. The van der Waals surface area contributed by atoms with Crippen LogP contribution in [0, 0.1) is 36.8 Å². The Kier molecular flexibility index (Phi) is 7.44. The zero-order chi connectivity index (χ0) is 38.1. The molecule has 1 unspecified atom stereocenters. The van der Waals surface area contributed by atoms with Crippen LogP contribution in [0.2, 0.25) is 0 Å². The van der Waals surface area contributed by atoms with Gasteiger partial charge >= 0.3 is 6.01 Å². The molecule has 6 heterocycles. The molecule has 2 aromatic heterocycles. The van der Waals surface area contributed by atoms with E-state index in [0.29, 0.717) is 53.5 Å². The Balaban J connectivity index is 1.16. The van der Waals surface area contributed by atoms with Crippen molar-refractivity contribution in [1.29, 1.82) is 0 Å². The van der Waals surface area contributed by atoms with Crippen molar-refractivity contribution >= 4 is 44.4 Å². The number of terminal acetylenes is 1. The van der Waals surface area contributed by atoms with E-state index in [1.165, 1.54) is 24.3 Å². The first-order chi connectivity index (χ1) is 26.4. The Morgan fingerprint density at radius 1 is 1.09 bits per heavy atom. The van der Waals surface area contributed by atoms with Gasteiger partial charge in [-0.25, -0.2) is 22.0 Å². The van der Waals surface area contributed by atoms with Crippen LogP contribution in [0.4, 0.5) is 27.8 Å². The molecule has 55 heavy (non-hydrogen) atoms. The van der Waals surface area contributed by atoms with Crippen molar-refractivity contribution in [2.24, 2.45) is 5.92 Å². The number of halogens is 5. The maximum Gasteiger partial charge on any atom is 0.319 e. The molecule has 1 saturated carbocycles. The van der Waals surface area contributed by atoms with Crippen LogP contribution < -0.4 is 9.64 Å². The molecule has 0 spiro atoms. The third-order valence-electron chi connectivity index (χ3n) is 12.5. The van der Waals surface area contributed by atoms with Crippen molar-refractivity contribution in [1.82, 2.24) is 19.8 Å². The quantitative estimate of drug-likeness (QED) is 0.143. The van der Waals surface area contributed by atoms with E-state index in [2.05, 4.69) is 15.8 Å². The highest BCUT2D eigenvalue weighted by atomic mass is 19.3. The van der Waals surface area contributed by atoms with Gasteiger partial charge in [-0.3, -0.25) is 9.69 Å². The number of rotatable bonds is 6. The number of aromatic hydroxyl groups is 1. The van der Waals surface area contributed by atoms with E-state index in [-0.39, 0.29) is 76.7 Å². The number of hydrogen-bond acceptors (Lipinski definition) is 8. The SMILES string of the molecule is C#Cc1c(F)ccc2cc(O)cc(-c3c(F)c4nc(OC[C@@]56CCCN5C[C@H](F)C6)nc(N5C[C@H]6CC[C@@H](C5)N6C(=O)C5CC5(F)F)c4c4cc(C)oc34)c12. The zero-order valence-corrected chi connectivity index (χ0v) is 29.8. The molecule has 5 fully saturated rings. The first-order valence-electron chi connectivity index (χ1n) is 18.7. The zero-order valence-electron chi connectivity index (χ0n) is 29.8. The normalized spacial score (nSPS) is 27.0. The number of piperazine rings is 1. The summed E-state index contributed by atoms with van der Waals surface area (Å²) in [4.78, 5) is 28.5. The van der Waals surface area contributed by atoms with E-state index in [4.69, 9.17) is 20.6 Å². The third-order valence-corrected chi connectivity index (χ3v) is 12.5. The fourth-order valence-electron chi connectivity index (χ4n) is 9.98. The second-order valence-corrected chi connectivity index (χ2v) is 15.9. The number of phenols is 1. The van der Waals surface area contributed by atoms with Crippen LogP contribution in [0.15, 0.2) is 34.7 Å². The third kappa shape index (κ3) is 5.18. The number of fused-ring (bicyclic) bond motifs is 7. The number of benzene rings is 3. The summed E-state index contributed by atoms with van der Waals surface area (Å²) in [6, 6.07) is 6.19. The largest absolute Gasteiger partial charge is 0.508 e. The number of hydrogen-bond donors (Lipinski definition) is 1. The Morgan fingerprint density at radius 3 is 2.58 bits per heavy atom. The number of phenolic OH excluding ortho intramolecular Hbond substituents is 1. The highest BCUT2D eigenvalue weighted by Crippen LogP contribution is 2.52. The maximum atomic E-state index is 17.7. The van der Waals surface area contributed by atoms with Gasteiger partial charge in [-0.05, 0) is 68.8 Å². The van der Waals surface area contributed by atoms with Crippen LogP contribution in [-0.2, 0) is 4.79 Å². The molecule has 1 aliphatic carbocycles. The van der Waals surface area contributed by atoms with Crippen LogP contribution in [0.25, 0.3) is 43.8 Å². The summed E-state index contributed by atoms with van der Waals surface area (Å²) in [5.41, 5.74) is -0.742. The predicted octanol–water partition coefficient (Wildman–Crippen LogP) is 7.26. The average Bonchev–Trinajstić information content (AvgIpc) is 3.49. The van der Waals surface area contributed by atoms with Crippen LogP contribution in [0.1, 0.15) is 49.8 Å². The van der Waals surface area contributed by atoms with Crippen molar-refractivity contribution in [2.45, 2.75) is 75.2 Å². The van der Waals surface area contributed by atoms with Gasteiger partial charge in [0.2, 0.25) is 5.91 Å². The minimum Gasteiger partial charge on any atom is -0.508 e. The highest BCUT2D eigenvalue weighted by Gasteiger charge is 2.64. The van der Waals surface area contributed by atoms with E-state index in [9.17, 15) is 23.1 Å². The number of alkyl halides is 3. The van der Waals surface area contributed by atoms with E-state index >= 15 is 8.78 Å². The molecule has 5 aromatic rings. The highest BCUT2D eigenvalue weighted by molar-refractivity contribution is 6.18. The van der Waals surface area contributed by atoms with Crippen molar-refractivity contribution in [3.8, 4) is 35.2 Å². The van der Waals surface area contributed by atoms with Crippen molar-refractivity contribution in [3.63, 3.8) is 0 Å². The van der Waals surface area contributed by atoms with Crippen molar-refractivity contribution in [2.75, 3.05) is 37.7 Å².